The number of carboxylic acid groups (broad SMARTS) is 1. The highest BCUT2D eigenvalue weighted by atomic mass is 16.5. The summed E-state index contributed by atoms with van der Waals surface area (Å²) in [6.45, 7) is 8.33. The van der Waals surface area contributed by atoms with E-state index < -0.39 is 5.97 Å². The third-order valence-corrected chi connectivity index (χ3v) is 5.45. The Hall–Kier alpha value is -3.58. The Labute approximate surface area is 220 Å². The van der Waals surface area contributed by atoms with Gasteiger partial charge in [-0.1, -0.05) is 51.0 Å². The zero-order chi connectivity index (χ0) is 26.7. The normalized spacial score (nSPS) is 13.3. The Kier molecular flexibility index (Phi) is 14.3. The maximum Gasteiger partial charge on any atom is 0.328 e. The number of unbranched alkanes of at least 4 members (excludes halogenated alkanes) is 2. The molecule has 0 radical (unpaired) electrons. The molecule has 37 heavy (non-hydrogen) atoms. The lowest BCUT2D eigenvalue weighted by Gasteiger charge is -2.25. The molecular weight excluding hydrogens is 470 g/mol. The molecule has 200 valence electrons. The highest BCUT2D eigenvalue weighted by Crippen LogP contribution is 2.15. The second kappa shape index (κ2) is 17.8. The number of carbonyl (C=O) groups excluding carboxylic acids is 1. The fraction of sp³-hybridized carbons (Fsp3) is 0.400. The van der Waals surface area contributed by atoms with Gasteiger partial charge in [0.05, 0.1) is 26.4 Å². The molecule has 2 aromatic carbocycles. The van der Waals surface area contributed by atoms with E-state index in [0.717, 1.165) is 67.6 Å². The van der Waals surface area contributed by atoms with Crippen LogP contribution in [0.2, 0.25) is 0 Å². The number of morpholine rings is 1. The minimum absolute atomic E-state index is 0.0431. The van der Waals surface area contributed by atoms with E-state index >= 15 is 0 Å². The van der Waals surface area contributed by atoms with Crippen molar-refractivity contribution in [2.24, 2.45) is 0 Å². The molecule has 1 fully saturated rings. The van der Waals surface area contributed by atoms with E-state index in [1.54, 1.807) is 12.2 Å². The van der Waals surface area contributed by atoms with E-state index in [9.17, 15) is 9.59 Å². The van der Waals surface area contributed by atoms with Gasteiger partial charge in [0, 0.05) is 25.2 Å². The Morgan fingerprint density at radius 3 is 1.70 bits per heavy atom. The van der Waals surface area contributed by atoms with Crippen LogP contribution in [0.4, 0.5) is 0 Å². The number of hydrogen-bond donors (Lipinski definition) is 1. The average Bonchev–Trinajstić information content (AvgIpc) is 2.93. The molecule has 3 rings (SSSR count). The predicted octanol–water partition coefficient (Wildman–Crippen LogP) is 5.70. The number of nitrogens with zero attached hydrogens (tertiary/aromatic N) is 1. The summed E-state index contributed by atoms with van der Waals surface area (Å²) in [4.78, 5) is 24.1. The number of aliphatic carboxylic acids is 1. The van der Waals surface area contributed by atoms with Crippen LogP contribution in [0, 0.1) is 0 Å². The largest absolute Gasteiger partial charge is 0.494 e. The van der Waals surface area contributed by atoms with Gasteiger partial charge in [0.1, 0.15) is 11.5 Å². The quantitative estimate of drug-likeness (QED) is 0.292. The van der Waals surface area contributed by atoms with E-state index in [1.807, 2.05) is 59.5 Å². The SMILES string of the molecule is CCCCOc1ccc(/C=C/C(=O)N2CCOCC2)cc1.CCCCOc1ccc(/C=C/C(=O)O)cc1. The first-order valence-electron chi connectivity index (χ1n) is 12.9. The number of carbonyl (C=O) groups is 2. The summed E-state index contributed by atoms with van der Waals surface area (Å²) in [6.07, 6.45) is 10.5. The molecule has 0 bridgehead atoms. The van der Waals surface area contributed by atoms with Crippen molar-refractivity contribution >= 4 is 24.0 Å². The van der Waals surface area contributed by atoms with Gasteiger partial charge in [0.2, 0.25) is 5.91 Å². The van der Waals surface area contributed by atoms with Gasteiger partial charge in [-0.25, -0.2) is 4.79 Å². The van der Waals surface area contributed by atoms with E-state index in [2.05, 4.69) is 13.8 Å². The molecule has 1 N–H and O–H groups in total. The number of hydrogen-bond acceptors (Lipinski definition) is 5. The number of ether oxygens (including phenoxy) is 3. The highest BCUT2D eigenvalue weighted by Gasteiger charge is 2.13. The Morgan fingerprint density at radius 2 is 1.27 bits per heavy atom. The van der Waals surface area contributed by atoms with Gasteiger partial charge < -0.3 is 24.2 Å². The monoisotopic (exact) mass is 509 g/mol. The Morgan fingerprint density at radius 1 is 0.811 bits per heavy atom. The van der Waals surface area contributed by atoms with Gasteiger partial charge in [0.15, 0.2) is 0 Å². The molecule has 7 heteroatoms. The summed E-state index contributed by atoms with van der Waals surface area (Å²) >= 11 is 0. The molecule has 1 aliphatic heterocycles. The maximum atomic E-state index is 12.0. The molecule has 0 spiro atoms. The van der Waals surface area contributed by atoms with Crippen molar-refractivity contribution in [2.45, 2.75) is 39.5 Å². The van der Waals surface area contributed by atoms with Crippen LogP contribution in [0.5, 0.6) is 11.5 Å². The lowest BCUT2D eigenvalue weighted by Crippen LogP contribution is -2.39. The molecule has 0 aliphatic carbocycles. The van der Waals surface area contributed by atoms with E-state index in [4.69, 9.17) is 19.3 Å². The molecule has 0 atom stereocenters. The van der Waals surface area contributed by atoms with Crippen molar-refractivity contribution in [2.75, 3.05) is 39.5 Å². The molecule has 7 nitrogen and oxygen atoms in total. The molecule has 0 saturated carbocycles. The van der Waals surface area contributed by atoms with Gasteiger partial charge in [-0.3, -0.25) is 4.79 Å². The first kappa shape index (κ1) is 29.6. The first-order valence-corrected chi connectivity index (χ1v) is 12.9. The van der Waals surface area contributed by atoms with Gasteiger partial charge in [-0.15, -0.1) is 0 Å². The van der Waals surface area contributed by atoms with Gasteiger partial charge in [0.25, 0.3) is 0 Å². The summed E-state index contributed by atoms with van der Waals surface area (Å²) in [7, 11) is 0. The van der Waals surface area contributed by atoms with Crippen LogP contribution in [0.3, 0.4) is 0 Å². The van der Waals surface area contributed by atoms with Crippen molar-refractivity contribution in [3.05, 3.63) is 71.8 Å². The minimum Gasteiger partial charge on any atom is -0.494 e. The lowest BCUT2D eigenvalue weighted by molar-refractivity contribution is -0.131. The van der Waals surface area contributed by atoms with Crippen molar-refractivity contribution in [1.82, 2.24) is 4.90 Å². The van der Waals surface area contributed by atoms with Crippen LogP contribution < -0.4 is 9.47 Å². The van der Waals surface area contributed by atoms with Gasteiger partial charge >= 0.3 is 5.97 Å². The zero-order valence-electron chi connectivity index (χ0n) is 21.9. The maximum absolute atomic E-state index is 12.0. The van der Waals surface area contributed by atoms with Crippen LogP contribution >= 0.6 is 0 Å². The van der Waals surface area contributed by atoms with Crippen molar-refractivity contribution in [3.63, 3.8) is 0 Å². The smallest absolute Gasteiger partial charge is 0.328 e. The minimum atomic E-state index is -0.941. The average molecular weight is 510 g/mol. The standard InChI is InChI=1S/C17H23NO3.C13H16O3/c1-2-3-12-21-16-7-4-15(5-8-16)6-9-17(19)18-10-13-20-14-11-18;1-2-3-10-16-12-7-4-11(5-8-12)6-9-13(14)15/h4-9H,2-3,10-14H2,1H3;4-9H,2-3,10H2,1H3,(H,14,15)/b2*9-6+. The van der Waals surface area contributed by atoms with E-state index in [-0.39, 0.29) is 5.91 Å². The van der Waals surface area contributed by atoms with Crippen LogP contribution in [-0.2, 0) is 14.3 Å². The summed E-state index contributed by atoms with van der Waals surface area (Å²) < 4.78 is 16.3. The summed E-state index contributed by atoms with van der Waals surface area (Å²) in [5.41, 5.74) is 1.85. The number of amides is 1. The van der Waals surface area contributed by atoms with Gasteiger partial charge in [-0.2, -0.15) is 0 Å². The fourth-order valence-electron chi connectivity index (χ4n) is 3.24. The Balaban J connectivity index is 0.000000271. The van der Waals surface area contributed by atoms with Crippen LogP contribution in [0.15, 0.2) is 60.7 Å². The van der Waals surface area contributed by atoms with Crippen LogP contribution in [-0.4, -0.2) is 61.4 Å². The fourth-order valence-corrected chi connectivity index (χ4v) is 3.24. The topological polar surface area (TPSA) is 85.3 Å². The van der Waals surface area contributed by atoms with E-state index in [1.165, 1.54) is 0 Å². The van der Waals surface area contributed by atoms with Crippen molar-refractivity contribution < 1.29 is 28.9 Å². The molecule has 1 saturated heterocycles. The second-order valence-corrected chi connectivity index (χ2v) is 8.48. The van der Waals surface area contributed by atoms with Crippen LogP contribution in [0.25, 0.3) is 12.2 Å². The molecule has 2 aromatic rings. The molecule has 1 aliphatic rings. The molecule has 1 heterocycles. The molecule has 1 amide bonds. The molecule has 0 aromatic heterocycles. The number of carboxylic acids is 1. The summed E-state index contributed by atoms with van der Waals surface area (Å²) in [5.74, 6) is 0.797. The molecule has 0 unspecified atom stereocenters. The first-order chi connectivity index (χ1) is 18.0. The zero-order valence-corrected chi connectivity index (χ0v) is 21.9. The third kappa shape index (κ3) is 12.8. The lowest BCUT2D eigenvalue weighted by atomic mass is 10.2. The second-order valence-electron chi connectivity index (χ2n) is 8.48. The number of rotatable bonds is 12. The molecular formula is C30H39NO6. The van der Waals surface area contributed by atoms with Crippen molar-refractivity contribution in [1.29, 1.82) is 0 Å². The summed E-state index contributed by atoms with van der Waals surface area (Å²) in [5, 5.41) is 8.46. The predicted molar refractivity (Wildman–Crippen MR) is 147 cm³/mol. The number of benzene rings is 2. The van der Waals surface area contributed by atoms with Gasteiger partial charge in [-0.05, 0) is 60.4 Å². The van der Waals surface area contributed by atoms with E-state index in [0.29, 0.717) is 26.3 Å². The highest BCUT2D eigenvalue weighted by molar-refractivity contribution is 5.91. The Bertz CT molecular complexity index is 976. The summed E-state index contributed by atoms with van der Waals surface area (Å²) in [6, 6.07) is 15.2. The van der Waals surface area contributed by atoms with Crippen LogP contribution in [0.1, 0.15) is 50.7 Å². The third-order valence-electron chi connectivity index (χ3n) is 5.45. The van der Waals surface area contributed by atoms with Crippen molar-refractivity contribution in [3.8, 4) is 11.5 Å².